The molecule has 0 bridgehead atoms. The highest BCUT2D eigenvalue weighted by Crippen LogP contribution is 2.32. The number of nitrogens with zero attached hydrogens (tertiary/aromatic N) is 3. The summed E-state index contributed by atoms with van der Waals surface area (Å²) in [6.07, 6.45) is 1.68. The van der Waals surface area contributed by atoms with Crippen LogP contribution in [0.4, 0.5) is 10.1 Å². The van der Waals surface area contributed by atoms with Crippen molar-refractivity contribution in [1.82, 2.24) is 4.68 Å². The van der Waals surface area contributed by atoms with Crippen LogP contribution in [0.2, 0.25) is 0 Å². The van der Waals surface area contributed by atoms with Gasteiger partial charge in [-0.1, -0.05) is 30.3 Å². The molecule has 4 aromatic rings. The molecule has 0 fully saturated rings. The number of aromatic nitrogens is 1. The third-order valence-electron chi connectivity index (χ3n) is 4.54. The zero-order valence-corrected chi connectivity index (χ0v) is 17.8. The topological polar surface area (TPSA) is 48.1 Å². The first-order valence-corrected chi connectivity index (χ1v) is 10.4. The molecule has 4 rings (SSSR count). The molecule has 0 unspecified atom stereocenters. The van der Waals surface area contributed by atoms with Crippen molar-refractivity contribution in [2.45, 2.75) is 0 Å². The Balaban J connectivity index is 1.84. The molecule has 0 aliphatic carbocycles. The van der Waals surface area contributed by atoms with Gasteiger partial charge in [-0.3, -0.25) is 0 Å². The Labute approximate surface area is 183 Å². The van der Waals surface area contributed by atoms with Crippen LogP contribution in [0.1, 0.15) is 5.56 Å². The number of hydrogen-bond donors (Lipinski definition) is 0. The smallest absolute Gasteiger partial charge is 0.211 e. The molecule has 0 spiro atoms. The standard InChI is InChI=1S/C24H20FN3O2S/c1-29-22-13-10-18(14-23(22)30-2)21-16-31-24(27-20-6-4-3-5-7-20)28(21)26-15-17-8-11-19(25)12-9-17/h3-16H,1-2H3. The van der Waals surface area contributed by atoms with Crippen molar-refractivity contribution in [1.29, 1.82) is 0 Å². The van der Waals surface area contributed by atoms with Crippen molar-refractivity contribution < 1.29 is 13.9 Å². The van der Waals surface area contributed by atoms with Crippen LogP contribution in [-0.4, -0.2) is 25.1 Å². The lowest BCUT2D eigenvalue weighted by Gasteiger charge is -2.10. The van der Waals surface area contributed by atoms with Crippen LogP contribution in [0.15, 0.2) is 88.3 Å². The van der Waals surface area contributed by atoms with Crippen LogP contribution >= 0.6 is 11.3 Å². The summed E-state index contributed by atoms with van der Waals surface area (Å²) >= 11 is 1.48. The van der Waals surface area contributed by atoms with Gasteiger partial charge in [0.1, 0.15) is 5.82 Å². The summed E-state index contributed by atoms with van der Waals surface area (Å²) in [6, 6.07) is 21.6. The van der Waals surface area contributed by atoms with E-state index < -0.39 is 0 Å². The van der Waals surface area contributed by atoms with Gasteiger partial charge in [0.05, 0.1) is 31.8 Å². The van der Waals surface area contributed by atoms with E-state index in [1.165, 1.54) is 23.5 Å². The Kier molecular flexibility index (Phi) is 6.24. The van der Waals surface area contributed by atoms with Gasteiger partial charge in [-0.15, -0.1) is 11.3 Å². The SMILES string of the molecule is COc1ccc(-c2csc(=Nc3ccccc3)n2N=Cc2ccc(F)cc2)cc1OC. The zero-order chi connectivity index (χ0) is 21.6. The third kappa shape index (κ3) is 4.73. The highest BCUT2D eigenvalue weighted by molar-refractivity contribution is 7.07. The van der Waals surface area contributed by atoms with E-state index in [2.05, 4.69) is 5.10 Å². The van der Waals surface area contributed by atoms with Crippen molar-refractivity contribution in [2.75, 3.05) is 14.2 Å². The van der Waals surface area contributed by atoms with Gasteiger partial charge in [0.2, 0.25) is 4.80 Å². The molecule has 0 aliphatic heterocycles. The quantitative estimate of drug-likeness (QED) is 0.378. The number of methoxy groups -OCH3 is 2. The van der Waals surface area contributed by atoms with E-state index in [-0.39, 0.29) is 5.82 Å². The molecule has 0 atom stereocenters. The Morgan fingerprint density at radius 2 is 1.65 bits per heavy atom. The van der Waals surface area contributed by atoms with Gasteiger partial charge in [0.15, 0.2) is 11.5 Å². The van der Waals surface area contributed by atoms with Gasteiger partial charge in [-0.2, -0.15) is 5.10 Å². The molecule has 156 valence electrons. The van der Waals surface area contributed by atoms with Crippen LogP contribution in [0.3, 0.4) is 0 Å². The largest absolute Gasteiger partial charge is 0.493 e. The Morgan fingerprint density at radius 3 is 2.35 bits per heavy atom. The second kappa shape index (κ2) is 9.40. The lowest BCUT2D eigenvalue weighted by Crippen LogP contribution is -2.11. The highest BCUT2D eigenvalue weighted by Gasteiger charge is 2.11. The lowest BCUT2D eigenvalue weighted by molar-refractivity contribution is 0.355. The summed E-state index contributed by atoms with van der Waals surface area (Å²) < 4.78 is 25.8. The maximum absolute atomic E-state index is 13.2. The van der Waals surface area contributed by atoms with Crippen LogP contribution in [-0.2, 0) is 0 Å². The van der Waals surface area contributed by atoms with Gasteiger partial charge in [-0.25, -0.2) is 14.1 Å². The highest BCUT2D eigenvalue weighted by atomic mass is 32.1. The Hall–Kier alpha value is -3.71. The van der Waals surface area contributed by atoms with Gasteiger partial charge < -0.3 is 9.47 Å². The minimum atomic E-state index is -0.286. The number of thiazole rings is 1. The van der Waals surface area contributed by atoms with E-state index >= 15 is 0 Å². The maximum Gasteiger partial charge on any atom is 0.211 e. The summed E-state index contributed by atoms with van der Waals surface area (Å²) in [5.74, 6) is 0.991. The number of benzene rings is 3. The summed E-state index contributed by atoms with van der Waals surface area (Å²) in [5, 5.41) is 6.64. The second-order valence-corrected chi connectivity index (χ2v) is 7.37. The van der Waals surface area contributed by atoms with Crippen molar-refractivity contribution in [2.24, 2.45) is 10.1 Å². The van der Waals surface area contributed by atoms with E-state index in [9.17, 15) is 4.39 Å². The van der Waals surface area contributed by atoms with E-state index in [1.54, 1.807) is 37.2 Å². The Morgan fingerprint density at radius 1 is 0.903 bits per heavy atom. The monoisotopic (exact) mass is 433 g/mol. The average molecular weight is 434 g/mol. The fourth-order valence-corrected chi connectivity index (χ4v) is 3.83. The summed E-state index contributed by atoms with van der Waals surface area (Å²) in [5.41, 5.74) is 3.36. The molecule has 0 amide bonds. The lowest BCUT2D eigenvalue weighted by atomic mass is 10.1. The zero-order valence-electron chi connectivity index (χ0n) is 17.0. The third-order valence-corrected chi connectivity index (χ3v) is 5.35. The van der Waals surface area contributed by atoms with Gasteiger partial charge in [0, 0.05) is 10.9 Å². The molecular weight excluding hydrogens is 413 g/mol. The van der Waals surface area contributed by atoms with Crippen LogP contribution in [0, 0.1) is 5.82 Å². The molecule has 0 N–H and O–H groups in total. The second-order valence-electron chi connectivity index (χ2n) is 6.53. The first-order chi connectivity index (χ1) is 15.2. The van der Waals surface area contributed by atoms with Crippen molar-refractivity contribution in [3.63, 3.8) is 0 Å². The van der Waals surface area contributed by atoms with E-state index in [0.717, 1.165) is 22.5 Å². The molecule has 0 saturated heterocycles. The molecule has 0 aliphatic rings. The van der Waals surface area contributed by atoms with E-state index in [1.807, 2.05) is 53.9 Å². The minimum absolute atomic E-state index is 0.286. The molecule has 31 heavy (non-hydrogen) atoms. The van der Waals surface area contributed by atoms with Crippen molar-refractivity contribution in [3.8, 4) is 22.8 Å². The summed E-state index contributed by atoms with van der Waals surface area (Å²) in [7, 11) is 3.21. The first-order valence-electron chi connectivity index (χ1n) is 9.50. The number of halogens is 1. The van der Waals surface area contributed by atoms with E-state index in [4.69, 9.17) is 14.5 Å². The van der Waals surface area contributed by atoms with Gasteiger partial charge in [-0.05, 0) is 48.0 Å². The van der Waals surface area contributed by atoms with Crippen LogP contribution in [0.5, 0.6) is 11.5 Å². The normalized spacial score (nSPS) is 11.8. The van der Waals surface area contributed by atoms with Crippen LogP contribution in [0.25, 0.3) is 11.3 Å². The summed E-state index contributed by atoms with van der Waals surface area (Å²) in [4.78, 5) is 5.44. The number of rotatable bonds is 6. The molecule has 0 radical (unpaired) electrons. The molecule has 5 nitrogen and oxygen atoms in total. The molecule has 1 aromatic heterocycles. The maximum atomic E-state index is 13.2. The Bertz CT molecular complexity index is 1260. The number of ether oxygens (including phenoxy) is 2. The number of hydrogen-bond acceptors (Lipinski definition) is 5. The van der Waals surface area contributed by atoms with Crippen molar-refractivity contribution >= 4 is 23.2 Å². The molecule has 7 heteroatoms. The summed E-state index contributed by atoms with van der Waals surface area (Å²) in [6.45, 7) is 0. The fourth-order valence-electron chi connectivity index (χ4n) is 2.97. The number of para-hydroxylation sites is 1. The fraction of sp³-hybridized carbons (Fsp3) is 0.0833. The minimum Gasteiger partial charge on any atom is -0.493 e. The average Bonchev–Trinajstić information content (AvgIpc) is 3.21. The predicted molar refractivity (Wildman–Crippen MR) is 122 cm³/mol. The first kappa shape index (κ1) is 20.6. The van der Waals surface area contributed by atoms with E-state index in [0.29, 0.717) is 16.3 Å². The van der Waals surface area contributed by atoms with Gasteiger partial charge in [0.25, 0.3) is 0 Å². The van der Waals surface area contributed by atoms with Crippen LogP contribution < -0.4 is 14.3 Å². The van der Waals surface area contributed by atoms with Gasteiger partial charge >= 0.3 is 0 Å². The molecule has 0 saturated carbocycles. The molecule has 3 aromatic carbocycles. The van der Waals surface area contributed by atoms with Crippen molar-refractivity contribution in [3.05, 3.63) is 94.4 Å². The molecular formula is C24H20FN3O2S. The predicted octanol–water partition coefficient (Wildman–Crippen LogP) is 5.49. The molecule has 1 heterocycles.